The lowest BCUT2D eigenvalue weighted by Gasteiger charge is -2.20. The van der Waals surface area contributed by atoms with Gasteiger partial charge in [-0.2, -0.15) is 4.31 Å². The fourth-order valence-electron chi connectivity index (χ4n) is 3.51. The molecule has 0 fully saturated rings. The summed E-state index contributed by atoms with van der Waals surface area (Å²) in [6.45, 7) is -0.246. The lowest BCUT2D eigenvalue weighted by Crippen LogP contribution is -2.36. The van der Waals surface area contributed by atoms with Gasteiger partial charge in [0.25, 0.3) is 0 Å². The lowest BCUT2D eigenvalue weighted by atomic mass is 10.1. The number of hydrogen-bond donors (Lipinski definition) is 1. The van der Waals surface area contributed by atoms with E-state index in [1.165, 1.54) is 19.2 Å². The Bertz CT molecular complexity index is 1180. The number of aliphatic hydroxyl groups is 1. The number of hydrogen-bond acceptors (Lipinski definition) is 5. The van der Waals surface area contributed by atoms with Crippen LogP contribution < -0.4 is 0 Å². The number of nitrogens with zero attached hydrogens (tertiary/aromatic N) is 2. The average Bonchev–Trinajstić information content (AvgIpc) is 3.08. The van der Waals surface area contributed by atoms with Crippen molar-refractivity contribution in [3.8, 4) is 11.1 Å². The number of aliphatic hydroxyl groups excluding tert-OH is 1. The monoisotopic (exact) mass is 500 g/mol. The third-order valence-corrected chi connectivity index (χ3v) is 7.43. The van der Waals surface area contributed by atoms with Gasteiger partial charge in [0.2, 0.25) is 10.0 Å². The van der Waals surface area contributed by atoms with Gasteiger partial charge in [-0.3, -0.25) is 0 Å². The summed E-state index contributed by atoms with van der Waals surface area (Å²) in [6.07, 6.45) is -1.04. The SMILES string of the molecule is CN(C[C@H](O)CON=C1c2ccccc2-c2ccccc21)S(=O)(=O)c1ccc(Br)cc1. The molecule has 8 heteroatoms. The van der Waals surface area contributed by atoms with Crippen LogP contribution in [0.25, 0.3) is 11.1 Å². The van der Waals surface area contributed by atoms with Crippen LogP contribution in [0.1, 0.15) is 11.1 Å². The molecule has 0 radical (unpaired) electrons. The van der Waals surface area contributed by atoms with Crippen LogP contribution in [0.15, 0.2) is 87.3 Å². The summed E-state index contributed by atoms with van der Waals surface area (Å²) in [7, 11) is -2.28. The van der Waals surface area contributed by atoms with Crippen LogP contribution in [0, 0.1) is 0 Å². The highest BCUT2D eigenvalue weighted by Crippen LogP contribution is 2.36. The molecule has 1 aliphatic carbocycles. The van der Waals surface area contributed by atoms with Gasteiger partial charge in [-0.15, -0.1) is 0 Å². The van der Waals surface area contributed by atoms with Crippen molar-refractivity contribution in [3.05, 3.63) is 88.4 Å². The smallest absolute Gasteiger partial charge is 0.242 e. The Labute approximate surface area is 190 Å². The normalized spacial score (nSPS) is 13.6. The standard InChI is InChI=1S/C23H21BrN2O4S/c1-26(31(28,29)18-12-10-16(24)11-13-18)14-17(27)15-30-25-23-21-8-4-2-6-19(21)20-7-3-5-9-22(20)23/h2-13,17,27H,14-15H2,1H3/t17-/m0/s1. The zero-order valence-electron chi connectivity index (χ0n) is 16.8. The van der Waals surface area contributed by atoms with E-state index in [9.17, 15) is 13.5 Å². The molecule has 1 atom stereocenters. The Hall–Kier alpha value is -2.52. The van der Waals surface area contributed by atoms with Crippen LogP contribution >= 0.6 is 15.9 Å². The van der Waals surface area contributed by atoms with E-state index >= 15 is 0 Å². The molecule has 0 unspecified atom stereocenters. The van der Waals surface area contributed by atoms with Crippen LogP contribution in [-0.4, -0.2) is 49.8 Å². The Morgan fingerprint density at radius 1 is 0.935 bits per heavy atom. The first-order valence-corrected chi connectivity index (χ1v) is 11.9. The third-order valence-electron chi connectivity index (χ3n) is 5.07. The molecule has 0 heterocycles. The molecule has 4 rings (SSSR count). The molecule has 0 bridgehead atoms. The van der Waals surface area contributed by atoms with Crippen LogP contribution in [0.2, 0.25) is 0 Å². The molecule has 1 N–H and O–H groups in total. The van der Waals surface area contributed by atoms with Gasteiger partial charge in [0.05, 0.1) is 4.90 Å². The van der Waals surface area contributed by atoms with Gasteiger partial charge >= 0.3 is 0 Å². The molecular weight excluding hydrogens is 480 g/mol. The van der Waals surface area contributed by atoms with Gasteiger partial charge in [-0.05, 0) is 35.4 Å². The maximum atomic E-state index is 12.7. The predicted molar refractivity (Wildman–Crippen MR) is 123 cm³/mol. The first-order chi connectivity index (χ1) is 14.9. The zero-order chi connectivity index (χ0) is 22.0. The fraction of sp³-hybridized carbons (Fsp3) is 0.174. The van der Waals surface area contributed by atoms with Gasteiger partial charge in [-0.1, -0.05) is 69.6 Å². The third kappa shape index (κ3) is 4.43. The largest absolute Gasteiger partial charge is 0.392 e. The highest BCUT2D eigenvalue weighted by Gasteiger charge is 2.26. The first-order valence-electron chi connectivity index (χ1n) is 9.67. The number of sulfonamides is 1. The average molecular weight is 501 g/mol. The number of oxime groups is 1. The second kappa shape index (κ2) is 8.92. The van der Waals surface area contributed by atoms with E-state index in [2.05, 4.69) is 21.1 Å². The van der Waals surface area contributed by atoms with Gasteiger partial charge in [0.15, 0.2) is 0 Å². The molecule has 1 aliphatic rings. The summed E-state index contributed by atoms with van der Waals surface area (Å²) in [6, 6.07) is 22.2. The van der Waals surface area contributed by atoms with Crippen molar-refractivity contribution in [1.82, 2.24) is 4.31 Å². The molecule has 3 aromatic carbocycles. The summed E-state index contributed by atoms with van der Waals surface area (Å²) in [5.74, 6) is 0. The van der Waals surface area contributed by atoms with E-state index in [4.69, 9.17) is 4.84 Å². The minimum absolute atomic E-state index is 0.115. The molecule has 31 heavy (non-hydrogen) atoms. The molecule has 6 nitrogen and oxygen atoms in total. The molecule has 160 valence electrons. The number of fused-ring (bicyclic) bond motifs is 3. The number of halogens is 1. The molecule has 0 aliphatic heterocycles. The summed E-state index contributed by atoms with van der Waals surface area (Å²) in [4.78, 5) is 5.60. The topological polar surface area (TPSA) is 79.2 Å². The zero-order valence-corrected chi connectivity index (χ0v) is 19.2. The maximum absolute atomic E-state index is 12.7. The van der Waals surface area contributed by atoms with Crippen LogP contribution in [0.4, 0.5) is 0 Å². The van der Waals surface area contributed by atoms with Crippen LogP contribution in [0.3, 0.4) is 0 Å². The Balaban J connectivity index is 1.43. The van der Waals surface area contributed by atoms with E-state index in [-0.39, 0.29) is 18.0 Å². The predicted octanol–water partition coefficient (Wildman–Crippen LogP) is 3.88. The van der Waals surface area contributed by atoms with Crippen molar-refractivity contribution >= 4 is 31.7 Å². The molecule has 0 saturated carbocycles. The van der Waals surface area contributed by atoms with Gasteiger partial charge in [-0.25, -0.2) is 8.42 Å². The second-order valence-corrected chi connectivity index (χ2v) is 10.2. The van der Waals surface area contributed by atoms with E-state index in [1.54, 1.807) is 12.1 Å². The van der Waals surface area contributed by atoms with Crippen molar-refractivity contribution in [3.63, 3.8) is 0 Å². The van der Waals surface area contributed by atoms with Crippen LogP contribution in [-0.2, 0) is 14.9 Å². The molecular formula is C23H21BrN2O4S. The molecule has 0 amide bonds. The number of benzene rings is 3. The van der Waals surface area contributed by atoms with E-state index in [0.29, 0.717) is 5.71 Å². The van der Waals surface area contributed by atoms with Gasteiger partial charge in [0, 0.05) is 29.2 Å². The molecule has 3 aromatic rings. The van der Waals surface area contributed by atoms with Crippen molar-refractivity contribution in [2.24, 2.45) is 5.16 Å². The summed E-state index contributed by atoms with van der Waals surface area (Å²) in [5.41, 5.74) is 4.80. The fourth-order valence-corrected chi connectivity index (χ4v) is 4.99. The number of rotatable bonds is 7. The van der Waals surface area contributed by atoms with E-state index < -0.39 is 16.1 Å². The summed E-state index contributed by atoms with van der Waals surface area (Å²) in [5, 5.41) is 14.6. The maximum Gasteiger partial charge on any atom is 0.242 e. The lowest BCUT2D eigenvalue weighted by molar-refractivity contribution is 0.0331. The Morgan fingerprint density at radius 2 is 1.45 bits per heavy atom. The second-order valence-electron chi connectivity index (χ2n) is 7.22. The Kier molecular flexibility index (Phi) is 6.24. The van der Waals surface area contributed by atoms with Crippen LogP contribution in [0.5, 0.6) is 0 Å². The minimum Gasteiger partial charge on any atom is -0.392 e. The highest BCUT2D eigenvalue weighted by atomic mass is 79.9. The quantitative estimate of drug-likeness (QED) is 0.390. The van der Waals surface area contributed by atoms with E-state index in [1.807, 2.05) is 48.5 Å². The highest BCUT2D eigenvalue weighted by molar-refractivity contribution is 9.10. The van der Waals surface area contributed by atoms with Crippen molar-refractivity contribution in [2.75, 3.05) is 20.2 Å². The van der Waals surface area contributed by atoms with Gasteiger partial charge in [0.1, 0.15) is 18.4 Å². The molecule has 0 aromatic heterocycles. The van der Waals surface area contributed by atoms with Crippen molar-refractivity contribution in [1.29, 1.82) is 0 Å². The summed E-state index contributed by atoms with van der Waals surface area (Å²) < 4.78 is 27.2. The van der Waals surface area contributed by atoms with E-state index in [0.717, 1.165) is 31.0 Å². The van der Waals surface area contributed by atoms with Gasteiger partial charge < -0.3 is 9.94 Å². The molecule has 0 saturated heterocycles. The summed E-state index contributed by atoms with van der Waals surface area (Å²) >= 11 is 3.29. The molecule has 0 spiro atoms. The minimum atomic E-state index is -3.71. The van der Waals surface area contributed by atoms with Crippen molar-refractivity contribution < 1.29 is 18.4 Å². The van der Waals surface area contributed by atoms with Crippen molar-refractivity contribution in [2.45, 2.75) is 11.0 Å². The first kappa shape index (κ1) is 21.7. The Morgan fingerprint density at radius 3 is 2.00 bits per heavy atom. The number of likely N-dealkylation sites (N-methyl/N-ethyl adjacent to an activating group) is 1.